The Labute approximate surface area is 137 Å². The number of benzene rings is 1. The third-order valence-electron chi connectivity index (χ3n) is 5.30. The van der Waals surface area contributed by atoms with E-state index < -0.39 is 0 Å². The van der Waals surface area contributed by atoms with Crippen LogP contribution >= 0.6 is 0 Å². The number of phenolic OH excluding ortho intramolecular Hbond substituents is 1. The number of aromatic hydroxyl groups is 1. The highest BCUT2D eigenvalue weighted by atomic mass is 16.3. The highest BCUT2D eigenvalue weighted by Gasteiger charge is 2.35. The van der Waals surface area contributed by atoms with E-state index in [2.05, 4.69) is 40.7 Å². The molecule has 1 heteroatoms. The summed E-state index contributed by atoms with van der Waals surface area (Å²) in [4.78, 5) is 0. The molecule has 0 spiro atoms. The van der Waals surface area contributed by atoms with Gasteiger partial charge in [0.15, 0.2) is 0 Å². The Morgan fingerprint density at radius 1 is 1.14 bits per heavy atom. The molecule has 0 saturated carbocycles. The van der Waals surface area contributed by atoms with E-state index in [-0.39, 0.29) is 5.41 Å². The lowest BCUT2D eigenvalue weighted by molar-refractivity contribution is 0.464. The molecular formula is C21H34O. The Bertz CT molecular complexity index is 499. The molecule has 0 bridgehead atoms. The number of phenols is 1. The number of fused-ring (bicyclic) bond motifs is 1. The fraction of sp³-hybridized carbons (Fsp3) is 0.714. The Kier molecular flexibility index (Phi) is 5.58. The van der Waals surface area contributed by atoms with Gasteiger partial charge in [0.1, 0.15) is 5.75 Å². The standard InChI is InChI=1S/C21H34O/c1-15(2)10-8-6-7-9-11-17-12-19-18(13-20(17)22)16(3)14-21(19,4)5/h12-13,15-16,22H,6-11,14H2,1-5H3. The lowest BCUT2D eigenvalue weighted by Gasteiger charge is -2.20. The summed E-state index contributed by atoms with van der Waals surface area (Å²) < 4.78 is 0. The van der Waals surface area contributed by atoms with Crippen LogP contribution in [0.4, 0.5) is 0 Å². The first-order valence-corrected chi connectivity index (χ1v) is 9.17. The number of aryl methyl sites for hydroxylation is 1. The third kappa shape index (κ3) is 4.06. The van der Waals surface area contributed by atoms with Gasteiger partial charge in [-0.3, -0.25) is 0 Å². The predicted octanol–water partition coefficient (Wildman–Crippen LogP) is 6.33. The van der Waals surface area contributed by atoms with E-state index in [1.807, 2.05) is 6.07 Å². The van der Waals surface area contributed by atoms with Crippen molar-refractivity contribution in [3.05, 3.63) is 28.8 Å². The molecule has 0 amide bonds. The van der Waals surface area contributed by atoms with Crippen molar-refractivity contribution in [2.24, 2.45) is 5.92 Å². The van der Waals surface area contributed by atoms with Crippen LogP contribution in [0, 0.1) is 5.92 Å². The van der Waals surface area contributed by atoms with Crippen LogP contribution in [0.5, 0.6) is 5.75 Å². The summed E-state index contributed by atoms with van der Waals surface area (Å²) in [6.45, 7) is 11.5. The second kappa shape index (κ2) is 7.06. The molecule has 0 fully saturated rings. The molecule has 0 heterocycles. The Morgan fingerprint density at radius 2 is 1.82 bits per heavy atom. The highest BCUT2D eigenvalue weighted by molar-refractivity contribution is 5.49. The average Bonchev–Trinajstić information content (AvgIpc) is 2.63. The van der Waals surface area contributed by atoms with Crippen LogP contribution in [0.3, 0.4) is 0 Å². The van der Waals surface area contributed by atoms with E-state index in [1.54, 1.807) is 0 Å². The molecule has 1 unspecified atom stereocenters. The minimum absolute atomic E-state index is 0.258. The minimum atomic E-state index is 0.258. The van der Waals surface area contributed by atoms with Gasteiger partial charge in [0.25, 0.3) is 0 Å². The van der Waals surface area contributed by atoms with Gasteiger partial charge in [0, 0.05) is 0 Å². The first kappa shape index (κ1) is 17.4. The SMILES string of the molecule is CC(C)CCCCCCc1cc2c(cc1O)C(C)CC2(C)C. The van der Waals surface area contributed by atoms with E-state index in [0.717, 1.165) is 17.9 Å². The molecule has 1 atom stereocenters. The van der Waals surface area contributed by atoms with Crippen molar-refractivity contribution in [3.8, 4) is 5.75 Å². The van der Waals surface area contributed by atoms with Gasteiger partial charge < -0.3 is 5.11 Å². The maximum atomic E-state index is 10.3. The van der Waals surface area contributed by atoms with Crippen LogP contribution in [-0.4, -0.2) is 5.11 Å². The van der Waals surface area contributed by atoms with E-state index in [1.165, 1.54) is 49.7 Å². The lowest BCUT2D eigenvalue weighted by atomic mass is 9.85. The van der Waals surface area contributed by atoms with Crippen LogP contribution in [0.25, 0.3) is 0 Å². The molecule has 2 rings (SSSR count). The number of unbranched alkanes of at least 4 members (excludes halogenated alkanes) is 3. The first-order chi connectivity index (χ1) is 10.3. The fourth-order valence-electron chi connectivity index (χ4n) is 4.05. The molecule has 1 aliphatic carbocycles. The van der Waals surface area contributed by atoms with Gasteiger partial charge in [-0.25, -0.2) is 0 Å². The number of rotatable bonds is 7. The first-order valence-electron chi connectivity index (χ1n) is 9.17. The van der Waals surface area contributed by atoms with Gasteiger partial charge in [-0.2, -0.15) is 0 Å². The molecule has 0 saturated heterocycles. The molecule has 1 aliphatic rings. The van der Waals surface area contributed by atoms with Gasteiger partial charge >= 0.3 is 0 Å². The molecule has 0 aliphatic heterocycles. The molecule has 1 aromatic rings. The molecule has 1 aromatic carbocycles. The Balaban J connectivity index is 1.93. The van der Waals surface area contributed by atoms with Crippen LogP contribution in [-0.2, 0) is 11.8 Å². The lowest BCUT2D eigenvalue weighted by Crippen LogP contribution is -2.12. The Hall–Kier alpha value is -0.980. The van der Waals surface area contributed by atoms with Gasteiger partial charge in [-0.05, 0) is 59.3 Å². The van der Waals surface area contributed by atoms with E-state index in [0.29, 0.717) is 11.7 Å². The summed E-state index contributed by atoms with van der Waals surface area (Å²) >= 11 is 0. The quantitative estimate of drug-likeness (QED) is 0.584. The zero-order valence-corrected chi connectivity index (χ0v) is 15.2. The van der Waals surface area contributed by atoms with Crippen molar-refractivity contribution < 1.29 is 5.11 Å². The molecule has 22 heavy (non-hydrogen) atoms. The normalized spacial score (nSPS) is 19.6. The smallest absolute Gasteiger partial charge is 0.119 e. The van der Waals surface area contributed by atoms with E-state index >= 15 is 0 Å². The maximum Gasteiger partial charge on any atom is 0.119 e. The van der Waals surface area contributed by atoms with Crippen molar-refractivity contribution in [2.45, 2.75) is 90.9 Å². The molecule has 1 nitrogen and oxygen atoms in total. The molecule has 124 valence electrons. The van der Waals surface area contributed by atoms with Crippen molar-refractivity contribution >= 4 is 0 Å². The topological polar surface area (TPSA) is 20.2 Å². The van der Waals surface area contributed by atoms with Crippen molar-refractivity contribution in [1.82, 2.24) is 0 Å². The fourth-order valence-corrected chi connectivity index (χ4v) is 4.05. The van der Waals surface area contributed by atoms with Gasteiger partial charge in [-0.1, -0.05) is 66.4 Å². The summed E-state index contributed by atoms with van der Waals surface area (Å²) in [5.41, 5.74) is 4.25. The summed E-state index contributed by atoms with van der Waals surface area (Å²) in [6, 6.07) is 4.34. The van der Waals surface area contributed by atoms with Crippen molar-refractivity contribution in [1.29, 1.82) is 0 Å². The summed E-state index contributed by atoms with van der Waals surface area (Å²) in [5.74, 6) is 1.91. The number of hydrogen-bond acceptors (Lipinski definition) is 1. The highest BCUT2D eigenvalue weighted by Crippen LogP contribution is 2.47. The zero-order valence-electron chi connectivity index (χ0n) is 15.2. The molecule has 1 N–H and O–H groups in total. The molecule has 0 aromatic heterocycles. The summed E-state index contributed by atoms with van der Waals surface area (Å²) in [5, 5.41) is 10.3. The second-order valence-electron chi connectivity index (χ2n) is 8.40. The monoisotopic (exact) mass is 302 g/mol. The van der Waals surface area contributed by atoms with Crippen LogP contribution in [0.1, 0.15) is 95.8 Å². The van der Waals surface area contributed by atoms with Crippen LogP contribution < -0.4 is 0 Å². The largest absolute Gasteiger partial charge is 0.508 e. The van der Waals surface area contributed by atoms with Gasteiger partial charge in [0.2, 0.25) is 0 Å². The van der Waals surface area contributed by atoms with Gasteiger partial charge in [0.05, 0.1) is 0 Å². The van der Waals surface area contributed by atoms with Crippen LogP contribution in [0.2, 0.25) is 0 Å². The zero-order chi connectivity index (χ0) is 16.3. The van der Waals surface area contributed by atoms with E-state index in [4.69, 9.17) is 0 Å². The minimum Gasteiger partial charge on any atom is -0.508 e. The average molecular weight is 303 g/mol. The van der Waals surface area contributed by atoms with Crippen molar-refractivity contribution in [3.63, 3.8) is 0 Å². The maximum absolute atomic E-state index is 10.3. The van der Waals surface area contributed by atoms with Crippen molar-refractivity contribution in [2.75, 3.05) is 0 Å². The summed E-state index contributed by atoms with van der Waals surface area (Å²) in [7, 11) is 0. The third-order valence-corrected chi connectivity index (χ3v) is 5.30. The summed E-state index contributed by atoms with van der Waals surface area (Å²) in [6.07, 6.45) is 8.70. The van der Waals surface area contributed by atoms with Crippen LogP contribution in [0.15, 0.2) is 12.1 Å². The predicted molar refractivity (Wildman–Crippen MR) is 95.8 cm³/mol. The second-order valence-corrected chi connectivity index (χ2v) is 8.40. The Morgan fingerprint density at radius 3 is 2.50 bits per heavy atom. The molecular weight excluding hydrogens is 268 g/mol. The van der Waals surface area contributed by atoms with E-state index in [9.17, 15) is 5.11 Å². The van der Waals surface area contributed by atoms with Gasteiger partial charge in [-0.15, -0.1) is 0 Å². The molecule has 0 radical (unpaired) electrons. The number of hydrogen-bond donors (Lipinski definition) is 1.